The van der Waals surface area contributed by atoms with Gasteiger partial charge in [0.05, 0.1) is 6.61 Å². The van der Waals surface area contributed by atoms with Crippen molar-refractivity contribution in [3.8, 4) is 17.2 Å². The molecule has 0 fully saturated rings. The molecule has 104 valence electrons. The summed E-state index contributed by atoms with van der Waals surface area (Å²) in [6, 6.07) is 11.9. The molecule has 2 N–H and O–H groups in total. The summed E-state index contributed by atoms with van der Waals surface area (Å²) in [6.45, 7) is 2.53. The van der Waals surface area contributed by atoms with Gasteiger partial charge in [-0.25, -0.2) is 0 Å². The number of ether oxygens (including phenoxy) is 2. The number of para-hydroxylation sites is 1. The van der Waals surface area contributed by atoms with Crippen molar-refractivity contribution in [2.75, 3.05) is 12.3 Å². The number of aryl methyl sites for hydroxylation is 2. The lowest BCUT2D eigenvalue weighted by Crippen LogP contribution is -1.99. The van der Waals surface area contributed by atoms with Crippen molar-refractivity contribution in [2.45, 2.75) is 26.2 Å². The molecule has 0 heterocycles. The SMILES string of the molecule is CCOc1cccc(Oc2ccc3c(c2)CCC3)c1N. The molecule has 3 nitrogen and oxygen atoms in total. The molecule has 1 aliphatic carbocycles. The van der Waals surface area contributed by atoms with Crippen LogP contribution in [0.15, 0.2) is 36.4 Å². The molecule has 0 radical (unpaired) electrons. The Hall–Kier alpha value is -2.16. The fourth-order valence-electron chi connectivity index (χ4n) is 2.63. The van der Waals surface area contributed by atoms with Gasteiger partial charge in [-0.05, 0) is 61.6 Å². The van der Waals surface area contributed by atoms with Crippen LogP contribution in [0.3, 0.4) is 0 Å². The smallest absolute Gasteiger partial charge is 0.154 e. The Bertz CT molecular complexity index is 622. The highest BCUT2D eigenvalue weighted by molar-refractivity contribution is 5.63. The first-order valence-electron chi connectivity index (χ1n) is 7.09. The highest BCUT2D eigenvalue weighted by Crippen LogP contribution is 2.35. The quantitative estimate of drug-likeness (QED) is 0.855. The molecule has 3 rings (SSSR count). The van der Waals surface area contributed by atoms with Gasteiger partial charge in [0.1, 0.15) is 17.2 Å². The molecule has 0 atom stereocenters. The van der Waals surface area contributed by atoms with Gasteiger partial charge in [-0.3, -0.25) is 0 Å². The zero-order chi connectivity index (χ0) is 13.9. The van der Waals surface area contributed by atoms with E-state index in [0.717, 1.165) is 12.2 Å². The summed E-state index contributed by atoms with van der Waals surface area (Å²) in [7, 11) is 0. The van der Waals surface area contributed by atoms with E-state index in [9.17, 15) is 0 Å². The Kier molecular flexibility index (Phi) is 3.50. The summed E-state index contributed by atoms with van der Waals surface area (Å²) in [5.74, 6) is 2.16. The van der Waals surface area contributed by atoms with Crippen LogP contribution in [-0.2, 0) is 12.8 Å². The number of benzene rings is 2. The zero-order valence-electron chi connectivity index (χ0n) is 11.7. The summed E-state index contributed by atoms with van der Waals surface area (Å²) >= 11 is 0. The maximum absolute atomic E-state index is 6.08. The zero-order valence-corrected chi connectivity index (χ0v) is 11.7. The predicted molar refractivity (Wildman–Crippen MR) is 80.6 cm³/mol. The van der Waals surface area contributed by atoms with Crippen LogP contribution in [0.25, 0.3) is 0 Å². The third kappa shape index (κ3) is 2.44. The second-order valence-corrected chi connectivity index (χ2v) is 4.99. The van der Waals surface area contributed by atoms with Crippen molar-refractivity contribution in [3.05, 3.63) is 47.5 Å². The highest BCUT2D eigenvalue weighted by Gasteiger charge is 2.13. The molecule has 0 amide bonds. The van der Waals surface area contributed by atoms with E-state index >= 15 is 0 Å². The van der Waals surface area contributed by atoms with Crippen LogP contribution in [0.4, 0.5) is 5.69 Å². The normalized spacial score (nSPS) is 13.1. The molecule has 3 heteroatoms. The van der Waals surface area contributed by atoms with Crippen molar-refractivity contribution in [1.82, 2.24) is 0 Å². The predicted octanol–water partition coefficient (Wildman–Crippen LogP) is 3.95. The summed E-state index contributed by atoms with van der Waals surface area (Å²) in [4.78, 5) is 0. The van der Waals surface area contributed by atoms with Crippen molar-refractivity contribution in [3.63, 3.8) is 0 Å². The van der Waals surface area contributed by atoms with Crippen LogP contribution in [-0.4, -0.2) is 6.61 Å². The lowest BCUT2D eigenvalue weighted by Gasteiger charge is -2.13. The molecular weight excluding hydrogens is 250 g/mol. The maximum Gasteiger partial charge on any atom is 0.154 e. The number of nitrogen functional groups attached to an aromatic ring is 1. The monoisotopic (exact) mass is 269 g/mol. The molecule has 0 bridgehead atoms. The largest absolute Gasteiger partial charge is 0.492 e. The molecule has 0 saturated carbocycles. The van der Waals surface area contributed by atoms with Crippen LogP contribution in [0.1, 0.15) is 24.5 Å². The Morgan fingerprint density at radius 1 is 1.05 bits per heavy atom. The van der Waals surface area contributed by atoms with Gasteiger partial charge in [-0.15, -0.1) is 0 Å². The van der Waals surface area contributed by atoms with E-state index < -0.39 is 0 Å². The van der Waals surface area contributed by atoms with Crippen LogP contribution in [0.2, 0.25) is 0 Å². The second-order valence-electron chi connectivity index (χ2n) is 4.99. The molecule has 0 saturated heterocycles. The molecule has 0 aliphatic heterocycles. The minimum absolute atomic E-state index is 0.551. The fraction of sp³-hybridized carbons (Fsp3) is 0.294. The Morgan fingerprint density at radius 3 is 2.70 bits per heavy atom. The van der Waals surface area contributed by atoms with Gasteiger partial charge >= 0.3 is 0 Å². The van der Waals surface area contributed by atoms with E-state index in [1.54, 1.807) is 0 Å². The maximum atomic E-state index is 6.08. The van der Waals surface area contributed by atoms with E-state index in [0.29, 0.717) is 23.8 Å². The Balaban J connectivity index is 1.86. The van der Waals surface area contributed by atoms with Gasteiger partial charge < -0.3 is 15.2 Å². The van der Waals surface area contributed by atoms with Crippen molar-refractivity contribution in [1.29, 1.82) is 0 Å². The van der Waals surface area contributed by atoms with Crippen LogP contribution < -0.4 is 15.2 Å². The number of hydrogen-bond donors (Lipinski definition) is 1. The molecule has 2 aromatic carbocycles. The van der Waals surface area contributed by atoms with Gasteiger partial charge in [-0.1, -0.05) is 12.1 Å². The lowest BCUT2D eigenvalue weighted by atomic mass is 10.1. The number of rotatable bonds is 4. The van der Waals surface area contributed by atoms with Crippen LogP contribution >= 0.6 is 0 Å². The fourth-order valence-corrected chi connectivity index (χ4v) is 2.63. The van der Waals surface area contributed by atoms with Gasteiger partial charge in [0.25, 0.3) is 0 Å². The van der Waals surface area contributed by atoms with E-state index in [2.05, 4.69) is 12.1 Å². The summed E-state index contributed by atoms with van der Waals surface area (Å²) in [6.07, 6.45) is 3.55. The summed E-state index contributed by atoms with van der Waals surface area (Å²) in [5.41, 5.74) is 9.46. The topological polar surface area (TPSA) is 44.5 Å². The average Bonchev–Trinajstić information content (AvgIpc) is 2.91. The Labute approximate surface area is 119 Å². The first-order valence-corrected chi connectivity index (χ1v) is 7.09. The summed E-state index contributed by atoms with van der Waals surface area (Å²) < 4.78 is 11.4. The average molecular weight is 269 g/mol. The second kappa shape index (κ2) is 5.45. The van der Waals surface area contributed by atoms with Crippen molar-refractivity contribution in [2.24, 2.45) is 0 Å². The number of fused-ring (bicyclic) bond motifs is 1. The number of nitrogens with two attached hydrogens (primary N) is 1. The van der Waals surface area contributed by atoms with E-state index in [1.807, 2.05) is 31.2 Å². The van der Waals surface area contributed by atoms with E-state index in [-0.39, 0.29) is 0 Å². The summed E-state index contributed by atoms with van der Waals surface area (Å²) in [5, 5.41) is 0. The molecule has 2 aromatic rings. The van der Waals surface area contributed by atoms with E-state index in [4.69, 9.17) is 15.2 Å². The molecule has 0 aromatic heterocycles. The minimum Gasteiger partial charge on any atom is -0.492 e. The molecule has 0 spiro atoms. The first-order chi connectivity index (χ1) is 9.78. The van der Waals surface area contributed by atoms with Crippen molar-refractivity contribution < 1.29 is 9.47 Å². The number of hydrogen-bond acceptors (Lipinski definition) is 3. The Morgan fingerprint density at radius 2 is 1.85 bits per heavy atom. The third-order valence-electron chi connectivity index (χ3n) is 3.62. The van der Waals surface area contributed by atoms with Gasteiger partial charge in [0.15, 0.2) is 5.75 Å². The van der Waals surface area contributed by atoms with Gasteiger partial charge in [-0.2, -0.15) is 0 Å². The standard InChI is InChI=1S/C17H19NO2/c1-2-19-15-7-4-8-16(17(15)18)20-14-10-9-12-5-3-6-13(12)11-14/h4,7-11H,2-3,5-6,18H2,1H3. The number of anilines is 1. The minimum atomic E-state index is 0.551. The molecule has 1 aliphatic rings. The van der Waals surface area contributed by atoms with Crippen molar-refractivity contribution >= 4 is 5.69 Å². The van der Waals surface area contributed by atoms with Gasteiger partial charge in [0, 0.05) is 0 Å². The van der Waals surface area contributed by atoms with Crippen LogP contribution in [0.5, 0.6) is 17.2 Å². The molecule has 20 heavy (non-hydrogen) atoms. The van der Waals surface area contributed by atoms with E-state index in [1.165, 1.54) is 24.0 Å². The highest BCUT2D eigenvalue weighted by atomic mass is 16.5. The molecule has 0 unspecified atom stereocenters. The van der Waals surface area contributed by atoms with Gasteiger partial charge in [0.2, 0.25) is 0 Å². The first kappa shape index (κ1) is 12.9. The third-order valence-corrected chi connectivity index (χ3v) is 3.62. The molecular formula is C17H19NO2. The van der Waals surface area contributed by atoms with Crippen LogP contribution in [0, 0.1) is 0 Å². The lowest BCUT2D eigenvalue weighted by molar-refractivity contribution is 0.340.